The van der Waals surface area contributed by atoms with Gasteiger partial charge in [0.15, 0.2) is 0 Å². The summed E-state index contributed by atoms with van der Waals surface area (Å²) in [5.41, 5.74) is 5.75. The molecule has 0 aliphatic heterocycles. The van der Waals surface area contributed by atoms with E-state index in [0.29, 0.717) is 12.8 Å². The fraction of sp³-hybridized carbons (Fsp3) is 0.814. The molecule has 0 unspecified atom stereocenters. The van der Waals surface area contributed by atoms with Crippen molar-refractivity contribution < 1.29 is 38.9 Å². The lowest BCUT2D eigenvalue weighted by molar-refractivity contribution is -0.148. The molecule has 10 nitrogen and oxygen atoms in total. The SMILES string of the molecule is CCCCCCCC/C=C\CCCCCCCC(=O)OCCN(CCOC(=O)CCCCCCC/C=C\CCCCCCCC(=O)O)C(=O)[C@@H](N)CO.Cl.Cl. The van der Waals surface area contributed by atoms with E-state index in [1.54, 1.807) is 0 Å². The van der Waals surface area contributed by atoms with Crippen molar-refractivity contribution >= 4 is 48.6 Å². The Hall–Kier alpha value is -2.14. The number of hydrogen-bond acceptors (Lipinski definition) is 8. The number of nitrogens with zero attached hydrogens (tertiary/aromatic N) is 1. The number of aliphatic hydroxyl groups excluding tert-OH is 1. The number of nitrogens with two attached hydrogens (primary N) is 1. The molecule has 324 valence electrons. The van der Waals surface area contributed by atoms with Crippen LogP contribution in [0.2, 0.25) is 0 Å². The van der Waals surface area contributed by atoms with Crippen LogP contribution in [0.15, 0.2) is 24.3 Å². The number of halogens is 2. The number of amides is 1. The number of carboxylic acids is 1. The quantitative estimate of drug-likeness (QED) is 0.0312. The second-order valence-corrected chi connectivity index (χ2v) is 14.4. The van der Waals surface area contributed by atoms with Crippen molar-refractivity contribution in [2.45, 2.75) is 193 Å². The van der Waals surface area contributed by atoms with Gasteiger partial charge in [0.1, 0.15) is 19.3 Å². The Morgan fingerprint density at radius 1 is 0.545 bits per heavy atom. The first-order valence-corrected chi connectivity index (χ1v) is 21.3. The summed E-state index contributed by atoms with van der Waals surface area (Å²) in [6.45, 7) is 2.02. The van der Waals surface area contributed by atoms with Crippen LogP contribution in [-0.4, -0.2) is 77.9 Å². The Morgan fingerprint density at radius 2 is 0.873 bits per heavy atom. The molecular formula is C43H80Cl2N2O8. The molecule has 1 amide bonds. The summed E-state index contributed by atoms with van der Waals surface area (Å²) in [4.78, 5) is 49.0. The first-order valence-electron chi connectivity index (χ1n) is 21.3. The van der Waals surface area contributed by atoms with Crippen LogP contribution >= 0.6 is 24.8 Å². The highest BCUT2D eigenvalue weighted by Crippen LogP contribution is 2.12. The second kappa shape index (κ2) is 44.6. The van der Waals surface area contributed by atoms with E-state index >= 15 is 0 Å². The van der Waals surface area contributed by atoms with Crippen LogP contribution in [-0.2, 0) is 28.7 Å². The lowest BCUT2D eigenvalue weighted by atomic mass is 10.1. The molecule has 12 heteroatoms. The number of carboxylic acid groups (broad SMARTS) is 1. The van der Waals surface area contributed by atoms with Gasteiger partial charge in [0.05, 0.1) is 19.7 Å². The zero-order chi connectivity index (χ0) is 39.0. The van der Waals surface area contributed by atoms with Crippen molar-refractivity contribution in [3.63, 3.8) is 0 Å². The van der Waals surface area contributed by atoms with Crippen LogP contribution in [0.3, 0.4) is 0 Å². The summed E-state index contributed by atoms with van der Waals surface area (Å²) in [6, 6.07) is -1.08. The number of ether oxygens (including phenoxy) is 2. The molecule has 0 radical (unpaired) electrons. The van der Waals surface area contributed by atoms with Gasteiger partial charge in [0.25, 0.3) is 0 Å². The number of aliphatic hydroxyl groups is 1. The number of allylic oxidation sites excluding steroid dienone is 4. The predicted molar refractivity (Wildman–Crippen MR) is 229 cm³/mol. The molecule has 0 spiro atoms. The third-order valence-corrected chi connectivity index (χ3v) is 9.40. The minimum Gasteiger partial charge on any atom is -0.481 e. The maximum Gasteiger partial charge on any atom is 0.305 e. The van der Waals surface area contributed by atoms with Gasteiger partial charge in [-0.1, -0.05) is 121 Å². The molecule has 55 heavy (non-hydrogen) atoms. The lowest BCUT2D eigenvalue weighted by Gasteiger charge is -2.24. The number of carbonyl (C=O) groups excluding carboxylic acids is 3. The van der Waals surface area contributed by atoms with Crippen LogP contribution in [0.5, 0.6) is 0 Å². The van der Waals surface area contributed by atoms with Crippen molar-refractivity contribution in [2.24, 2.45) is 5.73 Å². The molecule has 0 saturated heterocycles. The highest BCUT2D eigenvalue weighted by atomic mass is 35.5. The fourth-order valence-corrected chi connectivity index (χ4v) is 6.03. The summed E-state index contributed by atoms with van der Waals surface area (Å²) >= 11 is 0. The predicted octanol–water partition coefficient (Wildman–Crippen LogP) is 10.2. The first kappa shape index (κ1) is 57.2. The molecule has 0 fully saturated rings. The van der Waals surface area contributed by atoms with Crippen molar-refractivity contribution in [1.29, 1.82) is 0 Å². The van der Waals surface area contributed by atoms with E-state index in [9.17, 15) is 24.3 Å². The molecule has 0 aromatic heterocycles. The van der Waals surface area contributed by atoms with Gasteiger partial charge >= 0.3 is 17.9 Å². The molecule has 0 heterocycles. The summed E-state index contributed by atoms with van der Waals surface area (Å²) in [7, 11) is 0. The molecule has 0 aliphatic rings. The minimum absolute atomic E-state index is 0. The Bertz CT molecular complexity index is 967. The van der Waals surface area contributed by atoms with Gasteiger partial charge in [-0.05, 0) is 70.6 Å². The molecule has 0 aromatic carbocycles. The molecular weight excluding hydrogens is 743 g/mol. The zero-order valence-corrected chi connectivity index (χ0v) is 36.0. The molecule has 0 rings (SSSR count). The number of aliphatic carboxylic acids is 1. The largest absolute Gasteiger partial charge is 0.481 e. The Kier molecular flexibility index (Phi) is 46.3. The maximum absolute atomic E-state index is 12.6. The summed E-state index contributed by atoms with van der Waals surface area (Å²) < 4.78 is 10.7. The van der Waals surface area contributed by atoms with E-state index in [1.807, 2.05) is 0 Å². The Balaban J connectivity index is -0.0000135. The Labute approximate surface area is 347 Å². The number of hydrogen-bond donors (Lipinski definition) is 3. The lowest BCUT2D eigenvalue weighted by Crippen LogP contribution is -2.48. The molecule has 0 aromatic rings. The average molecular weight is 824 g/mol. The van der Waals surface area contributed by atoms with Gasteiger partial charge in [-0.3, -0.25) is 19.2 Å². The number of esters is 2. The molecule has 0 aliphatic carbocycles. The van der Waals surface area contributed by atoms with E-state index in [2.05, 4.69) is 31.2 Å². The van der Waals surface area contributed by atoms with E-state index in [0.717, 1.165) is 109 Å². The second-order valence-electron chi connectivity index (χ2n) is 14.4. The van der Waals surface area contributed by atoms with Gasteiger partial charge in [-0.2, -0.15) is 0 Å². The molecule has 0 saturated carbocycles. The smallest absolute Gasteiger partial charge is 0.305 e. The normalized spacial score (nSPS) is 11.6. The monoisotopic (exact) mass is 823 g/mol. The third-order valence-electron chi connectivity index (χ3n) is 9.40. The summed E-state index contributed by atoms with van der Waals surface area (Å²) in [5.74, 6) is -1.78. The number of unbranched alkanes of at least 4 members (excludes halogenated alkanes) is 21. The van der Waals surface area contributed by atoms with E-state index < -0.39 is 24.5 Å². The van der Waals surface area contributed by atoms with Crippen LogP contribution in [0.1, 0.15) is 187 Å². The van der Waals surface area contributed by atoms with Crippen LogP contribution < -0.4 is 5.73 Å². The van der Waals surface area contributed by atoms with Gasteiger partial charge in [0.2, 0.25) is 5.91 Å². The third kappa shape index (κ3) is 41.3. The number of carbonyl (C=O) groups is 4. The first-order chi connectivity index (χ1) is 25.8. The van der Waals surface area contributed by atoms with Crippen molar-refractivity contribution in [2.75, 3.05) is 32.9 Å². The fourth-order valence-electron chi connectivity index (χ4n) is 6.03. The van der Waals surface area contributed by atoms with Gasteiger partial charge < -0.3 is 30.3 Å². The zero-order valence-electron chi connectivity index (χ0n) is 34.4. The topological polar surface area (TPSA) is 156 Å². The molecule has 0 bridgehead atoms. The van der Waals surface area contributed by atoms with Gasteiger partial charge in [-0.15, -0.1) is 24.8 Å². The highest BCUT2D eigenvalue weighted by molar-refractivity contribution is 5.85. The van der Waals surface area contributed by atoms with Crippen molar-refractivity contribution in [1.82, 2.24) is 4.90 Å². The number of rotatable bonds is 39. The Morgan fingerprint density at radius 3 is 1.22 bits per heavy atom. The summed E-state index contributed by atoms with van der Waals surface area (Å²) in [5, 5.41) is 18.0. The van der Waals surface area contributed by atoms with Gasteiger partial charge in [0, 0.05) is 19.3 Å². The maximum atomic E-state index is 12.6. The molecule has 1 atom stereocenters. The average Bonchev–Trinajstić information content (AvgIpc) is 3.14. The van der Waals surface area contributed by atoms with E-state index in [1.165, 1.54) is 56.3 Å². The summed E-state index contributed by atoms with van der Waals surface area (Å²) in [6.07, 6.45) is 37.9. The van der Waals surface area contributed by atoms with E-state index in [-0.39, 0.29) is 69.5 Å². The van der Waals surface area contributed by atoms with Crippen LogP contribution in [0, 0.1) is 0 Å². The van der Waals surface area contributed by atoms with Crippen LogP contribution in [0.25, 0.3) is 0 Å². The van der Waals surface area contributed by atoms with Crippen molar-refractivity contribution in [3.8, 4) is 0 Å². The van der Waals surface area contributed by atoms with Crippen LogP contribution in [0.4, 0.5) is 0 Å². The minimum atomic E-state index is -1.08. The molecule has 4 N–H and O–H groups in total. The van der Waals surface area contributed by atoms with E-state index in [4.69, 9.17) is 20.3 Å². The van der Waals surface area contributed by atoms with Crippen molar-refractivity contribution in [3.05, 3.63) is 24.3 Å². The standard InChI is InChI=1S/C43H78N2O8.2ClH/c1-2-3-4-5-6-7-8-9-10-14-17-20-23-26-29-32-41(49)52-36-34-45(43(51)39(44)38-46)35-37-53-42(50)33-30-27-24-21-18-15-12-11-13-16-19-22-25-28-31-40(47)48;;/h9-12,39,46H,2-8,13-38,44H2,1H3,(H,47,48);2*1H/b10-9-,12-11-;;/t39-;;/m0../s1. The van der Waals surface area contributed by atoms with Gasteiger partial charge in [-0.25, -0.2) is 0 Å². The highest BCUT2D eigenvalue weighted by Gasteiger charge is 2.21.